The van der Waals surface area contributed by atoms with Crippen LogP contribution in [0, 0.1) is 19.7 Å². The van der Waals surface area contributed by atoms with Crippen LogP contribution < -0.4 is 0 Å². The Bertz CT molecular complexity index is 735. The Labute approximate surface area is 134 Å². The maximum atomic E-state index is 13.1. The van der Waals surface area contributed by atoms with E-state index in [2.05, 4.69) is 0 Å². The first-order valence-electron chi connectivity index (χ1n) is 7.31. The number of rotatable bonds is 5. The Balaban J connectivity index is 2.42. The largest absolute Gasteiger partial charge is 0.480 e. The van der Waals surface area contributed by atoms with E-state index in [1.807, 2.05) is 11.5 Å². The van der Waals surface area contributed by atoms with Crippen LogP contribution in [0.2, 0.25) is 0 Å². The van der Waals surface area contributed by atoms with Crippen LogP contribution in [0.3, 0.4) is 0 Å². The number of aliphatic carboxylic acids is 1. The lowest BCUT2D eigenvalue weighted by molar-refractivity contribution is -0.137. The normalized spacial score (nSPS) is 10.6. The molecule has 2 aromatic rings. The zero-order valence-corrected chi connectivity index (χ0v) is 13.3. The Hall–Kier alpha value is -2.63. The fourth-order valence-electron chi connectivity index (χ4n) is 2.63. The van der Waals surface area contributed by atoms with Gasteiger partial charge in [0.1, 0.15) is 12.4 Å². The van der Waals surface area contributed by atoms with Gasteiger partial charge in [0.15, 0.2) is 0 Å². The first kappa shape index (κ1) is 16.7. The summed E-state index contributed by atoms with van der Waals surface area (Å²) in [6.07, 6.45) is 0. The minimum Gasteiger partial charge on any atom is -0.480 e. The molecule has 0 fully saturated rings. The van der Waals surface area contributed by atoms with Crippen molar-refractivity contribution in [3.05, 3.63) is 53.1 Å². The van der Waals surface area contributed by atoms with Crippen LogP contribution in [0.4, 0.5) is 4.39 Å². The third kappa shape index (κ3) is 3.41. The van der Waals surface area contributed by atoms with Crippen LogP contribution >= 0.6 is 0 Å². The lowest BCUT2D eigenvalue weighted by Crippen LogP contribution is -2.35. The minimum absolute atomic E-state index is 0.311. The third-order valence-corrected chi connectivity index (χ3v) is 3.74. The van der Waals surface area contributed by atoms with Crippen LogP contribution in [0.25, 0.3) is 5.69 Å². The molecule has 23 heavy (non-hydrogen) atoms. The quantitative estimate of drug-likeness (QED) is 0.922. The average Bonchev–Trinajstić information content (AvgIpc) is 2.80. The molecule has 0 bridgehead atoms. The Kier molecular flexibility index (Phi) is 4.83. The number of amides is 1. The van der Waals surface area contributed by atoms with E-state index in [4.69, 9.17) is 5.11 Å². The SMILES string of the molecule is CCN(CC(=O)O)C(=O)c1cc(C)n(-c2ccc(F)cc2)c1C. The molecule has 0 saturated carbocycles. The molecule has 0 spiro atoms. The lowest BCUT2D eigenvalue weighted by Gasteiger charge is -2.18. The van der Waals surface area contributed by atoms with Crippen molar-refractivity contribution in [2.24, 2.45) is 0 Å². The van der Waals surface area contributed by atoms with Gasteiger partial charge >= 0.3 is 5.97 Å². The fourth-order valence-corrected chi connectivity index (χ4v) is 2.63. The van der Waals surface area contributed by atoms with E-state index >= 15 is 0 Å². The summed E-state index contributed by atoms with van der Waals surface area (Å²) >= 11 is 0. The second kappa shape index (κ2) is 6.64. The van der Waals surface area contributed by atoms with Crippen LogP contribution in [0.15, 0.2) is 30.3 Å². The average molecular weight is 318 g/mol. The van der Waals surface area contributed by atoms with Crippen LogP contribution in [0.1, 0.15) is 28.7 Å². The van der Waals surface area contributed by atoms with Gasteiger partial charge in [0, 0.05) is 23.6 Å². The molecule has 122 valence electrons. The minimum atomic E-state index is -1.05. The van der Waals surface area contributed by atoms with E-state index in [0.29, 0.717) is 17.8 Å². The molecule has 0 aliphatic carbocycles. The molecular formula is C17H19FN2O3. The lowest BCUT2D eigenvalue weighted by atomic mass is 10.2. The first-order chi connectivity index (χ1) is 10.8. The van der Waals surface area contributed by atoms with Gasteiger partial charge in [0.05, 0.1) is 5.56 Å². The van der Waals surface area contributed by atoms with Crippen molar-refractivity contribution < 1.29 is 19.1 Å². The van der Waals surface area contributed by atoms with Gasteiger partial charge in [-0.3, -0.25) is 9.59 Å². The predicted octanol–water partition coefficient (Wildman–Crippen LogP) is 2.78. The van der Waals surface area contributed by atoms with Crippen molar-refractivity contribution in [1.82, 2.24) is 9.47 Å². The predicted molar refractivity (Wildman–Crippen MR) is 84.4 cm³/mol. The Morgan fingerprint density at radius 1 is 1.22 bits per heavy atom. The van der Waals surface area contributed by atoms with Crippen molar-refractivity contribution in [2.45, 2.75) is 20.8 Å². The van der Waals surface area contributed by atoms with Crippen molar-refractivity contribution in [3.63, 3.8) is 0 Å². The topological polar surface area (TPSA) is 62.5 Å². The summed E-state index contributed by atoms with van der Waals surface area (Å²) in [5.74, 6) is -1.70. The number of nitrogens with zero attached hydrogens (tertiary/aromatic N) is 2. The van der Waals surface area contributed by atoms with E-state index in [1.165, 1.54) is 17.0 Å². The van der Waals surface area contributed by atoms with Crippen molar-refractivity contribution in [2.75, 3.05) is 13.1 Å². The molecule has 6 heteroatoms. The van der Waals surface area contributed by atoms with Crippen LogP contribution in [0.5, 0.6) is 0 Å². The number of benzene rings is 1. The highest BCUT2D eigenvalue weighted by atomic mass is 19.1. The molecule has 0 aliphatic rings. The highest BCUT2D eigenvalue weighted by Crippen LogP contribution is 2.22. The number of aromatic nitrogens is 1. The number of carbonyl (C=O) groups is 2. The molecule has 2 rings (SSSR count). The number of carboxylic acids is 1. The van der Waals surface area contributed by atoms with Gasteiger partial charge in [0.2, 0.25) is 0 Å². The van der Waals surface area contributed by atoms with E-state index < -0.39 is 5.97 Å². The molecule has 0 saturated heterocycles. The number of hydrogen-bond acceptors (Lipinski definition) is 2. The monoisotopic (exact) mass is 318 g/mol. The third-order valence-electron chi connectivity index (χ3n) is 3.74. The highest BCUT2D eigenvalue weighted by Gasteiger charge is 2.22. The van der Waals surface area contributed by atoms with E-state index in [0.717, 1.165) is 11.4 Å². The summed E-state index contributed by atoms with van der Waals surface area (Å²) < 4.78 is 14.9. The van der Waals surface area contributed by atoms with Crippen LogP contribution in [-0.4, -0.2) is 39.5 Å². The molecule has 5 nitrogen and oxygen atoms in total. The second-order valence-electron chi connectivity index (χ2n) is 5.31. The van der Waals surface area contributed by atoms with E-state index in [-0.39, 0.29) is 18.3 Å². The summed E-state index contributed by atoms with van der Waals surface area (Å²) in [5.41, 5.74) is 2.73. The summed E-state index contributed by atoms with van der Waals surface area (Å²) in [6.45, 7) is 5.35. The highest BCUT2D eigenvalue weighted by molar-refractivity contribution is 5.97. The molecule has 0 radical (unpaired) electrons. The van der Waals surface area contributed by atoms with E-state index in [9.17, 15) is 14.0 Å². The molecular weight excluding hydrogens is 299 g/mol. The zero-order valence-electron chi connectivity index (χ0n) is 13.3. The number of aryl methyl sites for hydroxylation is 1. The van der Waals surface area contributed by atoms with Gasteiger partial charge < -0.3 is 14.6 Å². The number of carboxylic acid groups (broad SMARTS) is 1. The second-order valence-corrected chi connectivity index (χ2v) is 5.31. The molecule has 0 aliphatic heterocycles. The molecule has 1 heterocycles. The van der Waals surface area contributed by atoms with Crippen molar-refractivity contribution in [1.29, 1.82) is 0 Å². The zero-order chi connectivity index (χ0) is 17.1. The maximum Gasteiger partial charge on any atom is 0.323 e. The Morgan fingerprint density at radius 2 is 1.83 bits per heavy atom. The van der Waals surface area contributed by atoms with Gasteiger partial charge in [-0.1, -0.05) is 0 Å². The summed E-state index contributed by atoms with van der Waals surface area (Å²) in [5, 5.41) is 8.91. The van der Waals surface area contributed by atoms with E-state index in [1.54, 1.807) is 32.0 Å². The van der Waals surface area contributed by atoms with Gasteiger partial charge in [-0.25, -0.2) is 4.39 Å². The molecule has 1 amide bonds. The van der Waals surface area contributed by atoms with Crippen LogP contribution in [-0.2, 0) is 4.79 Å². The molecule has 1 aromatic carbocycles. The summed E-state index contributed by atoms with van der Waals surface area (Å²) in [7, 11) is 0. The fraction of sp³-hybridized carbons (Fsp3) is 0.294. The van der Waals surface area contributed by atoms with Crippen molar-refractivity contribution in [3.8, 4) is 5.69 Å². The number of carbonyl (C=O) groups excluding carboxylic acids is 1. The maximum absolute atomic E-state index is 13.1. The smallest absolute Gasteiger partial charge is 0.323 e. The van der Waals surface area contributed by atoms with Gasteiger partial charge in [-0.05, 0) is 51.1 Å². The molecule has 1 N–H and O–H groups in total. The molecule has 1 aromatic heterocycles. The van der Waals surface area contributed by atoms with Crippen molar-refractivity contribution >= 4 is 11.9 Å². The molecule has 0 unspecified atom stereocenters. The number of halogens is 1. The summed E-state index contributed by atoms with van der Waals surface area (Å²) in [6, 6.07) is 7.72. The van der Waals surface area contributed by atoms with Gasteiger partial charge in [-0.15, -0.1) is 0 Å². The first-order valence-corrected chi connectivity index (χ1v) is 7.31. The van der Waals surface area contributed by atoms with Gasteiger partial charge in [0.25, 0.3) is 5.91 Å². The number of likely N-dealkylation sites (N-methyl/N-ethyl adjacent to an activating group) is 1. The molecule has 0 atom stereocenters. The summed E-state index contributed by atoms with van der Waals surface area (Å²) in [4.78, 5) is 24.7. The standard InChI is InChI=1S/C17H19FN2O3/c1-4-19(10-16(21)22)17(23)15-9-11(2)20(12(15)3)14-7-5-13(18)6-8-14/h5-9H,4,10H2,1-3H3,(H,21,22). The van der Waals surface area contributed by atoms with Gasteiger partial charge in [-0.2, -0.15) is 0 Å². The number of hydrogen-bond donors (Lipinski definition) is 1. The Morgan fingerprint density at radius 3 is 2.35 bits per heavy atom.